The molecule has 2 aliphatic rings. The quantitative estimate of drug-likeness (QED) is 0.462. The summed E-state index contributed by atoms with van der Waals surface area (Å²) < 4.78 is 36.1. The molecule has 11 heteroatoms. The van der Waals surface area contributed by atoms with E-state index in [1.54, 1.807) is 6.92 Å². The Kier molecular flexibility index (Phi) is 5.66. The third-order valence-electron chi connectivity index (χ3n) is 6.34. The summed E-state index contributed by atoms with van der Waals surface area (Å²) in [5, 5.41) is 23.2. The molecule has 1 unspecified atom stereocenters. The minimum absolute atomic E-state index is 0.0174. The van der Waals surface area contributed by atoms with Crippen LogP contribution in [0.3, 0.4) is 0 Å². The number of carbonyl (C=O) groups excluding carboxylic acids is 1. The van der Waals surface area contributed by atoms with Crippen LogP contribution >= 0.6 is 10.6 Å². The third-order valence-corrected chi connectivity index (χ3v) is 9.11. The molecular weight excluding hydrogens is 447 g/mol. The fourth-order valence-corrected chi connectivity index (χ4v) is 7.06. The van der Waals surface area contributed by atoms with Crippen LogP contribution in [0.2, 0.25) is 0 Å². The predicted octanol–water partition coefficient (Wildman–Crippen LogP) is 2.97. The Balaban J connectivity index is 1.61. The summed E-state index contributed by atoms with van der Waals surface area (Å²) in [4.78, 5) is 18.4. The van der Waals surface area contributed by atoms with Gasteiger partial charge in [0.25, 0.3) is 5.91 Å². The Bertz CT molecular complexity index is 1170. The number of amides is 1. The van der Waals surface area contributed by atoms with Crippen LogP contribution in [-0.2, 0) is 5.54 Å². The monoisotopic (exact) mass is 472 g/mol. The maximum Gasteiger partial charge on any atom is 0.274 e. The Morgan fingerprint density at radius 3 is 2.73 bits per heavy atom. The molecule has 2 aliphatic heterocycles. The normalized spacial score (nSPS) is 27.6. The Morgan fingerprint density at radius 2 is 2.15 bits per heavy atom. The van der Waals surface area contributed by atoms with E-state index in [-0.39, 0.29) is 28.5 Å². The topological polar surface area (TPSA) is 145 Å². The number of hydrogen-bond donors (Lipinski definition) is 5. The van der Waals surface area contributed by atoms with Crippen LogP contribution in [0.5, 0.6) is 0 Å². The zero-order chi connectivity index (χ0) is 24.0. The van der Waals surface area contributed by atoms with E-state index in [2.05, 4.69) is 15.6 Å². The van der Waals surface area contributed by atoms with Crippen molar-refractivity contribution in [3.63, 3.8) is 0 Å². The highest BCUT2D eigenvalue weighted by molar-refractivity contribution is 8.26. The summed E-state index contributed by atoms with van der Waals surface area (Å²) in [6.07, 6.45) is 1.72. The number of nitriles is 1. The minimum Gasteiger partial charge on any atom is -0.361 e. The highest BCUT2D eigenvalue weighted by Crippen LogP contribution is 2.61. The van der Waals surface area contributed by atoms with Crippen molar-refractivity contribution in [3.05, 3.63) is 59.2 Å². The van der Waals surface area contributed by atoms with E-state index in [9.17, 15) is 18.3 Å². The van der Waals surface area contributed by atoms with Crippen molar-refractivity contribution >= 4 is 28.0 Å². The first-order valence-electron chi connectivity index (χ1n) is 10.3. The van der Waals surface area contributed by atoms with Gasteiger partial charge in [0.1, 0.15) is 28.2 Å². The van der Waals surface area contributed by atoms with Gasteiger partial charge in [0.2, 0.25) is 0 Å². The highest BCUT2D eigenvalue weighted by Gasteiger charge is 2.58. The van der Waals surface area contributed by atoms with Crippen LogP contribution in [0.15, 0.2) is 36.5 Å². The summed E-state index contributed by atoms with van der Waals surface area (Å²) >= 11 is 0. The fraction of sp³-hybridized carbons (Fsp3) is 0.364. The molecule has 4 rings (SSSR count). The van der Waals surface area contributed by atoms with Crippen molar-refractivity contribution < 1.29 is 18.3 Å². The van der Waals surface area contributed by atoms with Crippen molar-refractivity contribution in [2.24, 2.45) is 0 Å². The molecule has 2 aromatic rings. The first-order valence-corrected chi connectivity index (χ1v) is 12.0. The maximum absolute atomic E-state index is 14.9. The molecule has 1 aromatic heterocycles. The van der Waals surface area contributed by atoms with E-state index in [4.69, 9.17) is 10.7 Å². The number of pyridine rings is 1. The molecule has 9 nitrogen and oxygen atoms in total. The first-order chi connectivity index (χ1) is 15.5. The highest BCUT2D eigenvalue weighted by atomic mass is 32.3. The number of hydrogen-bond acceptors (Lipinski definition) is 7. The maximum atomic E-state index is 14.9. The molecule has 0 aliphatic carbocycles. The van der Waals surface area contributed by atoms with Crippen LogP contribution in [0.4, 0.5) is 10.1 Å². The predicted molar refractivity (Wildman–Crippen MR) is 124 cm³/mol. The van der Waals surface area contributed by atoms with Gasteiger partial charge in [-0.05, 0) is 50.7 Å². The number of benzene rings is 1. The van der Waals surface area contributed by atoms with Crippen LogP contribution in [-0.4, -0.2) is 61.4 Å². The minimum atomic E-state index is -3.28. The van der Waals surface area contributed by atoms with Crippen molar-refractivity contribution in [2.45, 2.75) is 23.6 Å². The smallest absolute Gasteiger partial charge is 0.274 e. The van der Waals surface area contributed by atoms with Gasteiger partial charge >= 0.3 is 0 Å². The van der Waals surface area contributed by atoms with Crippen molar-refractivity contribution in [2.75, 3.05) is 31.2 Å². The molecule has 0 bridgehead atoms. The average molecular weight is 473 g/mol. The summed E-state index contributed by atoms with van der Waals surface area (Å²) in [5.41, 5.74) is -0.460. The number of anilines is 1. The number of carbonyl (C=O) groups is 1. The lowest BCUT2D eigenvalue weighted by Gasteiger charge is -2.57. The van der Waals surface area contributed by atoms with E-state index in [0.29, 0.717) is 25.1 Å². The van der Waals surface area contributed by atoms with Gasteiger partial charge in [0, 0.05) is 30.5 Å². The van der Waals surface area contributed by atoms with E-state index < -0.39 is 32.6 Å². The molecular formula is C22H25FN6O3S. The fourth-order valence-electron chi connectivity index (χ4n) is 4.53. The van der Waals surface area contributed by atoms with E-state index in [0.717, 1.165) is 0 Å². The molecule has 174 valence electrons. The van der Waals surface area contributed by atoms with Gasteiger partial charge in [-0.1, -0.05) is 0 Å². The zero-order valence-electron chi connectivity index (χ0n) is 18.2. The number of aromatic nitrogens is 1. The molecule has 2 saturated heterocycles. The molecule has 2 atom stereocenters. The van der Waals surface area contributed by atoms with Crippen LogP contribution in [0.25, 0.3) is 0 Å². The van der Waals surface area contributed by atoms with Gasteiger partial charge in [-0.25, -0.2) is 9.37 Å². The average Bonchev–Trinajstić information content (AvgIpc) is 3.17. The van der Waals surface area contributed by atoms with Gasteiger partial charge < -0.3 is 15.5 Å². The largest absolute Gasteiger partial charge is 0.361 e. The summed E-state index contributed by atoms with van der Waals surface area (Å²) in [5.74, 6) is -1.32. The molecule has 33 heavy (non-hydrogen) atoms. The molecule has 3 heterocycles. The molecule has 0 saturated carbocycles. The van der Waals surface area contributed by atoms with Gasteiger partial charge in [-0.3, -0.25) is 19.3 Å². The van der Waals surface area contributed by atoms with Gasteiger partial charge in [0.15, 0.2) is 0 Å². The van der Waals surface area contributed by atoms with Crippen molar-refractivity contribution in [1.82, 2.24) is 15.2 Å². The second-order valence-electron chi connectivity index (χ2n) is 8.82. The van der Waals surface area contributed by atoms with Crippen LogP contribution in [0.1, 0.15) is 35.0 Å². The number of nitrogens with one attached hydrogen (secondary N) is 3. The van der Waals surface area contributed by atoms with Gasteiger partial charge in [0.05, 0.1) is 16.9 Å². The number of halogens is 1. The first kappa shape index (κ1) is 23.1. The summed E-state index contributed by atoms with van der Waals surface area (Å²) in [6, 6.07) is 8.81. The Hall–Kier alpha value is -3.04. The van der Waals surface area contributed by atoms with Gasteiger partial charge in [-0.2, -0.15) is 15.9 Å². The molecule has 5 N–H and O–H groups in total. The molecule has 1 spiro atoms. The van der Waals surface area contributed by atoms with E-state index in [1.165, 1.54) is 36.5 Å². The molecule has 1 aromatic carbocycles. The number of likely N-dealkylation sites (tertiary alicyclic amines) is 1. The lowest BCUT2D eigenvalue weighted by atomic mass is 9.90. The number of amidine groups is 1. The van der Waals surface area contributed by atoms with E-state index >= 15 is 0 Å². The number of nitrogens with zero attached hydrogens (tertiary/aromatic N) is 3. The standard InChI is InChI=1S/C22H25FN6O3S/c1-21(13-33(31,32)22(20(25)28-21)7-8-29(2)12-22)16-9-15(4-5-17(16)23)27-19(30)18-6-3-14(10-24)11-26-18/h3-6,9,11,31-32H,7-8,12-13H2,1-2H3,(H2,25,28)(H,27,30)/t21-,22?/m0/s1. The Labute approximate surface area is 192 Å². The SMILES string of the molecule is CN1CCC2(C1)C(=N)N[C@](C)(c1cc(NC(=O)c3ccc(C#N)cn3)ccc1F)CS2(O)O. The van der Waals surface area contributed by atoms with Crippen LogP contribution < -0.4 is 10.6 Å². The molecule has 2 fully saturated rings. The second-order valence-corrected chi connectivity index (χ2v) is 11.2. The lowest BCUT2D eigenvalue weighted by Crippen LogP contribution is -2.64. The van der Waals surface area contributed by atoms with Crippen molar-refractivity contribution in [3.8, 4) is 6.07 Å². The second kappa shape index (κ2) is 8.07. The van der Waals surface area contributed by atoms with E-state index in [1.807, 2.05) is 18.0 Å². The molecule has 0 radical (unpaired) electrons. The number of rotatable bonds is 3. The molecule has 1 amide bonds. The van der Waals surface area contributed by atoms with Crippen molar-refractivity contribution in [1.29, 1.82) is 10.7 Å². The van der Waals surface area contributed by atoms with Crippen LogP contribution in [0, 0.1) is 22.6 Å². The zero-order valence-corrected chi connectivity index (χ0v) is 19.0. The summed E-state index contributed by atoms with van der Waals surface area (Å²) in [7, 11) is -1.42. The lowest BCUT2D eigenvalue weighted by molar-refractivity contribution is 0.102. The Morgan fingerprint density at radius 1 is 1.39 bits per heavy atom. The van der Waals surface area contributed by atoms with Gasteiger partial charge in [-0.15, -0.1) is 0 Å². The summed E-state index contributed by atoms with van der Waals surface area (Å²) in [6.45, 7) is 2.59. The third kappa shape index (κ3) is 3.95.